The number of hydrogen-bond acceptors (Lipinski definition) is 2. The van der Waals surface area contributed by atoms with Crippen molar-refractivity contribution < 1.29 is 0 Å². The van der Waals surface area contributed by atoms with E-state index in [9.17, 15) is 0 Å². The topological polar surface area (TPSA) is 29.9 Å². The van der Waals surface area contributed by atoms with Crippen LogP contribution in [0.15, 0.2) is 12.4 Å². The zero-order chi connectivity index (χ0) is 12.7. The Bertz CT molecular complexity index is 306. The Kier molecular flexibility index (Phi) is 6.27. The second-order valence-electron chi connectivity index (χ2n) is 4.91. The second-order valence-corrected chi connectivity index (χ2v) is 4.91. The van der Waals surface area contributed by atoms with E-state index in [1.807, 2.05) is 10.9 Å². The van der Waals surface area contributed by atoms with Crippen molar-refractivity contribution in [1.82, 2.24) is 15.1 Å². The SMILES string of the molecule is CCNC(Cc1cnn(CC)c1)CC(C)CC. The highest BCUT2D eigenvalue weighted by molar-refractivity contribution is 5.06. The molecule has 3 nitrogen and oxygen atoms in total. The molecule has 1 rings (SSSR count). The molecule has 1 N–H and O–H groups in total. The molecule has 98 valence electrons. The Morgan fingerprint density at radius 2 is 2.12 bits per heavy atom. The van der Waals surface area contributed by atoms with Gasteiger partial charge >= 0.3 is 0 Å². The van der Waals surface area contributed by atoms with E-state index in [1.54, 1.807) is 0 Å². The lowest BCUT2D eigenvalue weighted by Crippen LogP contribution is -2.32. The van der Waals surface area contributed by atoms with E-state index in [0.29, 0.717) is 6.04 Å². The molecule has 17 heavy (non-hydrogen) atoms. The van der Waals surface area contributed by atoms with Gasteiger partial charge in [-0.2, -0.15) is 5.10 Å². The molecule has 0 radical (unpaired) electrons. The fourth-order valence-corrected chi connectivity index (χ4v) is 2.15. The van der Waals surface area contributed by atoms with E-state index in [-0.39, 0.29) is 0 Å². The molecule has 0 aliphatic carbocycles. The minimum absolute atomic E-state index is 0.587. The van der Waals surface area contributed by atoms with Gasteiger partial charge in [0, 0.05) is 18.8 Å². The third-order valence-corrected chi connectivity index (χ3v) is 3.37. The molecule has 0 amide bonds. The molecule has 3 heteroatoms. The van der Waals surface area contributed by atoms with Gasteiger partial charge < -0.3 is 5.32 Å². The molecule has 1 aromatic rings. The van der Waals surface area contributed by atoms with Crippen LogP contribution in [0.2, 0.25) is 0 Å². The molecule has 0 saturated heterocycles. The number of hydrogen-bond donors (Lipinski definition) is 1. The van der Waals surface area contributed by atoms with Crippen LogP contribution in [0.25, 0.3) is 0 Å². The molecule has 0 spiro atoms. The first-order valence-electron chi connectivity index (χ1n) is 6.94. The largest absolute Gasteiger partial charge is 0.314 e. The first-order chi connectivity index (χ1) is 8.19. The van der Waals surface area contributed by atoms with E-state index in [4.69, 9.17) is 0 Å². The first-order valence-corrected chi connectivity index (χ1v) is 6.94. The highest BCUT2D eigenvalue weighted by atomic mass is 15.3. The highest BCUT2D eigenvalue weighted by Crippen LogP contribution is 2.13. The summed E-state index contributed by atoms with van der Waals surface area (Å²) >= 11 is 0. The third-order valence-electron chi connectivity index (χ3n) is 3.37. The molecule has 0 aromatic carbocycles. The van der Waals surface area contributed by atoms with Gasteiger partial charge in [0.15, 0.2) is 0 Å². The van der Waals surface area contributed by atoms with Crippen molar-refractivity contribution in [2.24, 2.45) is 5.92 Å². The van der Waals surface area contributed by atoms with Crippen LogP contribution in [0, 0.1) is 5.92 Å². The maximum absolute atomic E-state index is 4.34. The average molecular weight is 237 g/mol. The number of rotatable bonds is 8. The molecular formula is C14H27N3. The Hall–Kier alpha value is -0.830. The lowest BCUT2D eigenvalue weighted by atomic mass is 9.95. The summed E-state index contributed by atoms with van der Waals surface area (Å²) in [5, 5.41) is 7.92. The summed E-state index contributed by atoms with van der Waals surface area (Å²) in [4.78, 5) is 0. The molecule has 0 saturated carbocycles. The molecular weight excluding hydrogens is 210 g/mol. The molecule has 2 atom stereocenters. The van der Waals surface area contributed by atoms with Crippen LogP contribution in [0.5, 0.6) is 0 Å². The number of likely N-dealkylation sites (N-methyl/N-ethyl adjacent to an activating group) is 1. The minimum Gasteiger partial charge on any atom is -0.314 e. The fraction of sp³-hybridized carbons (Fsp3) is 0.786. The minimum atomic E-state index is 0.587. The van der Waals surface area contributed by atoms with E-state index < -0.39 is 0 Å². The molecule has 0 aliphatic rings. The summed E-state index contributed by atoms with van der Waals surface area (Å²) in [5.41, 5.74) is 1.35. The smallest absolute Gasteiger partial charge is 0.0522 e. The number of aromatic nitrogens is 2. The lowest BCUT2D eigenvalue weighted by molar-refractivity contribution is 0.397. The zero-order valence-electron chi connectivity index (χ0n) is 11.7. The Morgan fingerprint density at radius 3 is 2.65 bits per heavy atom. The summed E-state index contributed by atoms with van der Waals surface area (Å²) in [6.45, 7) is 10.9. The van der Waals surface area contributed by atoms with Crippen LogP contribution in [0.3, 0.4) is 0 Å². The summed E-state index contributed by atoms with van der Waals surface area (Å²) < 4.78 is 2.00. The van der Waals surface area contributed by atoms with Crippen molar-refractivity contribution in [2.75, 3.05) is 6.54 Å². The zero-order valence-corrected chi connectivity index (χ0v) is 11.7. The van der Waals surface area contributed by atoms with Gasteiger partial charge in [-0.1, -0.05) is 27.2 Å². The summed E-state index contributed by atoms with van der Waals surface area (Å²) in [7, 11) is 0. The van der Waals surface area contributed by atoms with Gasteiger partial charge in [-0.3, -0.25) is 4.68 Å². The Balaban J connectivity index is 2.52. The van der Waals surface area contributed by atoms with Crippen molar-refractivity contribution in [3.63, 3.8) is 0 Å². The van der Waals surface area contributed by atoms with Crippen molar-refractivity contribution in [2.45, 2.75) is 59.5 Å². The van der Waals surface area contributed by atoms with Crippen LogP contribution in [-0.2, 0) is 13.0 Å². The van der Waals surface area contributed by atoms with Gasteiger partial charge in [0.1, 0.15) is 0 Å². The van der Waals surface area contributed by atoms with Gasteiger partial charge in [-0.15, -0.1) is 0 Å². The van der Waals surface area contributed by atoms with Crippen molar-refractivity contribution in [1.29, 1.82) is 0 Å². The Labute approximate surface area is 106 Å². The summed E-state index contributed by atoms with van der Waals surface area (Å²) in [6.07, 6.45) is 7.78. The van der Waals surface area contributed by atoms with Gasteiger partial charge in [0.05, 0.1) is 6.20 Å². The quantitative estimate of drug-likeness (QED) is 0.753. The van der Waals surface area contributed by atoms with Crippen LogP contribution in [0.1, 0.15) is 46.1 Å². The monoisotopic (exact) mass is 237 g/mol. The second kappa shape index (κ2) is 7.49. The first kappa shape index (κ1) is 14.2. The lowest BCUT2D eigenvalue weighted by Gasteiger charge is -2.20. The van der Waals surface area contributed by atoms with Crippen LogP contribution >= 0.6 is 0 Å². The van der Waals surface area contributed by atoms with Crippen LogP contribution in [0.4, 0.5) is 0 Å². The molecule has 0 aliphatic heterocycles. The highest BCUT2D eigenvalue weighted by Gasteiger charge is 2.12. The van der Waals surface area contributed by atoms with Crippen LogP contribution < -0.4 is 5.32 Å². The van der Waals surface area contributed by atoms with Crippen LogP contribution in [-0.4, -0.2) is 22.4 Å². The van der Waals surface area contributed by atoms with E-state index >= 15 is 0 Å². The van der Waals surface area contributed by atoms with Crippen molar-refractivity contribution in [3.05, 3.63) is 18.0 Å². The maximum Gasteiger partial charge on any atom is 0.0522 e. The van der Waals surface area contributed by atoms with E-state index in [1.165, 1.54) is 18.4 Å². The van der Waals surface area contributed by atoms with E-state index in [0.717, 1.165) is 25.4 Å². The fourth-order valence-electron chi connectivity index (χ4n) is 2.15. The predicted octanol–water partition coefficient (Wildman–Crippen LogP) is 2.86. The van der Waals surface area contributed by atoms with E-state index in [2.05, 4.69) is 44.3 Å². The standard InChI is InChI=1S/C14H27N3/c1-5-12(4)8-14(15-6-2)9-13-10-16-17(7-3)11-13/h10-12,14-15H,5-9H2,1-4H3. The van der Waals surface area contributed by atoms with Gasteiger partial charge in [0.2, 0.25) is 0 Å². The summed E-state index contributed by atoms with van der Waals surface area (Å²) in [6, 6.07) is 0.587. The number of aryl methyl sites for hydroxylation is 1. The number of nitrogens with zero attached hydrogens (tertiary/aromatic N) is 2. The Morgan fingerprint density at radius 1 is 1.35 bits per heavy atom. The number of nitrogens with one attached hydrogen (secondary N) is 1. The van der Waals surface area contributed by atoms with Gasteiger partial charge in [-0.05, 0) is 37.8 Å². The maximum atomic E-state index is 4.34. The van der Waals surface area contributed by atoms with Crippen molar-refractivity contribution >= 4 is 0 Å². The molecule has 0 bridgehead atoms. The molecule has 2 unspecified atom stereocenters. The molecule has 1 heterocycles. The van der Waals surface area contributed by atoms with Gasteiger partial charge in [-0.25, -0.2) is 0 Å². The normalized spacial score (nSPS) is 14.8. The molecule has 0 fully saturated rings. The predicted molar refractivity (Wildman–Crippen MR) is 73.1 cm³/mol. The molecule has 1 aromatic heterocycles. The average Bonchev–Trinajstić information content (AvgIpc) is 2.77. The third kappa shape index (κ3) is 4.90. The van der Waals surface area contributed by atoms with Crippen molar-refractivity contribution in [3.8, 4) is 0 Å². The van der Waals surface area contributed by atoms with Gasteiger partial charge in [0.25, 0.3) is 0 Å². The summed E-state index contributed by atoms with van der Waals surface area (Å²) in [5.74, 6) is 0.792.